The van der Waals surface area contributed by atoms with E-state index in [0.717, 1.165) is 12.4 Å². The molecule has 16 heavy (non-hydrogen) atoms. The Labute approximate surface area is 102 Å². The van der Waals surface area contributed by atoms with Gasteiger partial charge in [-0.1, -0.05) is 18.2 Å². The zero-order chi connectivity index (χ0) is 11.2. The van der Waals surface area contributed by atoms with Gasteiger partial charge in [0.25, 0.3) is 0 Å². The van der Waals surface area contributed by atoms with Crippen molar-refractivity contribution in [3.8, 4) is 5.75 Å². The lowest BCUT2D eigenvalue weighted by atomic mass is 9.86. The topological polar surface area (TPSA) is 9.23 Å². The molecule has 2 aliphatic rings. The van der Waals surface area contributed by atoms with Crippen LogP contribution in [0.4, 0.5) is 0 Å². The van der Waals surface area contributed by atoms with Gasteiger partial charge in [-0.05, 0) is 37.7 Å². The molecule has 1 aliphatic heterocycles. The van der Waals surface area contributed by atoms with Crippen molar-refractivity contribution in [3.05, 3.63) is 29.8 Å². The summed E-state index contributed by atoms with van der Waals surface area (Å²) < 4.78 is 5.72. The molecule has 1 aromatic carbocycles. The van der Waals surface area contributed by atoms with E-state index in [2.05, 4.69) is 25.1 Å². The van der Waals surface area contributed by atoms with Crippen LogP contribution in [-0.2, 0) is 0 Å². The van der Waals surface area contributed by atoms with Gasteiger partial charge in [-0.3, -0.25) is 0 Å². The summed E-state index contributed by atoms with van der Waals surface area (Å²) in [6.45, 7) is 2.97. The lowest BCUT2D eigenvalue weighted by Gasteiger charge is -2.21. The number of hydrogen-bond donors (Lipinski definition) is 0. The third kappa shape index (κ3) is 1.62. The van der Waals surface area contributed by atoms with Gasteiger partial charge in [0.15, 0.2) is 0 Å². The second kappa shape index (κ2) is 3.66. The Hall–Kier alpha value is -0.690. The van der Waals surface area contributed by atoms with E-state index < -0.39 is 0 Å². The van der Waals surface area contributed by atoms with Gasteiger partial charge >= 0.3 is 0 Å². The summed E-state index contributed by atoms with van der Waals surface area (Å²) in [6.07, 6.45) is 3.77. The molecule has 1 nitrogen and oxygen atoms in total. The van der Waals surface area contributed by atoms with E-state index >= 15 is 0 Å². The van der Waals surface area contributed by atoms with Crippen molar-refractivity contribution in [2.24, 2.45) is 5.41 Å². The molecule has 0 spiro atoms. The molecule has 0 radical (unpaired) electrons. The van der Waals surface area contributed by atoms with Crippen LogP contribution in [-0.4, -0.2) is 12.0 Å². The van der Waals surface area contributed by atoms with E-state index in [-0.39, 0.29) is 0 Å². The lowest BCUT2D eigenvalue weighted by molar-refractivity contribution is 0.298. The standard InChI is InChI=1S/C14H17ClO/c1-10(15)14(6-7-14)8-11-9-16-13-5-3-2-4-12(11)13/h2-5,10-11H,6-9H2,1H3. The number of hydrogen-bond acceptors (Lipinski definition) is 1. The molecule has 0 bridgehead atoms. The Morgan fingerprint density at radius 1 is 1.44 bits per heavy atom. The van der Waals surface area contributed by atoms with Crippen LogP contribution < -0.4 is 4.74 Å². The van der Waals surface area contributed by atoms with Gasteiger partial charge in [0.05, 0.1) is 6.61 Å². The van der Waals surface area contributed by atoms with E-state index in [4.69, 9.17) is 16.3 Å². The van der Waals surface area contributed by atoms with Crippen LogP contribution in [0.15, 0.2) is 24.3 Å². The van der Waals surface area contributed by atoms with Crippen LogP contribution in [0.2, 0.25) is 0 Å². The maximum absolute atomic E-state index is 6.30. The zero-order valence-electron chi connectivity index (χ0n) is 9.58. The maximum Gasteiger partial charge on any atom is 0.122 e. The number of fused-ring (bicyclic) bond motifs is 1. The molecule has 3 rings (SSSR count). The smallest absolute Gasteiger partial charge is 0.122 e. The largest absolute Gasteiger partial charge is 0.493 e. The van der Waals surface area contributed by atoms with Crippen molar-refractivity contribution in [2.75, 3.05) is 6.61 Å². The number of halogens is 1. The van der Waals surface area contributed by atoms with Crippen LogP contribution in [0.3, 0.4) is 0 Å². The number of alkyl halides is 1. The molecule has 1 saturated carbocycles. The molecular formula is C14H17ClO. The average Bonchev–Trinajstić information content (AvgIpc) is 2.96. The minimum atomic E-state index is 0.292. The van der Waals surface area contributed by atoms with Crippen LogP contribution in [0, 0.1) is 5.41 Å². The second-order valence-corrected chi connectivity index (χ2v) is 5.88. The molecule has 2 unspecified atom stereocenters. The Morgan fingerprint density at radius 2 is 2.19 bits per heavy atom. The minimum Gasteiger partial charge on any atom is -0.493 e. The van der Waals surface area contributed by atoms with Crippen LogP contribution >= 0.6 is 11.6 Å². The van der Waals surface area contributed by atoms with E-state index in [1.54, 1.807) is 0 Å². The van der Waals surface area contributed by atoms with Crippen molar-refractivity contribution in [1.29, 1.82) is 0 Å². The van der Waals surface area contributed by atoms with Crippen molar-refractivity contribution >= 4 is 11.6 Å². The molecule has 1 aliphatic carbocycles. The minimum absolute atomic E-state index is 0.292. The third-order valence-electron chi connectivity index (χ3n) is 4.19. The van der Waals surface area contributed by atoms with E-state index in [1.165, 1.54) is 24.8 Å². The van der Waals surface area contributed by atoms with Gasteiger partial charge in [0.2, 0.25) is 0 Å². The number of rotatable bonds is 3. The first-order chi connectivity index (χ1) is 7.71. The number of para-hydroxylation sites is 1. The molecule has 1 fully saturated rings. The Kier molecular flexibility index (Phi) is 2.39. The van der Waals surface area contributed by atoms with Gasteiger partial charge in [-0.15, -0.1) is 11.6 Å². The second-order valence-electron chi connectivity index (χ2n) is 5.23. The van der Waals surface area contributed by atoms with Gasteiger partial charge < -0.3 is 4.74 Å². The SMILES string of the molecule is CC(Cl)C1(CC2COc3ccccc32)CC1. The van der Waals surface area contributed by atoms with Crippen LogP contribution in [0.25, 0.3) is 0 Å². The summed E-state index contributed by atoms with van der Waals surface area (Å²) >= 11 is 6.30. The van der Waals surface area contributed by atoms with E-state index in [9.17, 15) is 0 Å². The highest BCUT2D eigenvalue weighted by molar-refractivity contribution is 6.21. The zero-order valence-corrected chi connectivity index (χ0v) is 10.3. The molecule has 2 heteroatoms. The Morgan fingerprint density at radius 3 is 2.88 bits per heavy atom. The molecule has 0 amide bonds. The van der Waals surface area contributed by atoms with Crippen molar-refractivity contribution in [3.63, 3.8) is 0 Å². The first-order valence-electron chi connectivity index (χ1n) is 6.07. The van der Waals surface area contributed by atoms with Gasteiger partial charge in [0.1, 0.15) is 5.75 Å². The highest BCUT2D eigenvalue weighted by Gasteiger charge is 2.48. The van der Waals surface area contributed by atoms with Crippen molar-refractivity contribution < 1.29 is 4.74 Å². The quantitative estimate of drug-likeness (QED) is 0.722. The Bertz CT molecular complexity index is 395. The lowest BCUT2D eigenvalue weighted by Crippen LogP contribution is -2.17. The van der Waals surface area contributed by atoms with Gasteiger partial charge in [0, 0.05) is 16.9 Å². The van der Waals surface area contributed by atoms with E-state index in [1.807, 2.05) is 6.07 Å². The fourth-order valence-corrected chi connectivity index (χ4v) is 3.12. The normalized spacial score (nSPS) is 27.0. The Balaban J connectivity index is 1.79. The van der Waals surface area contributed by atoms with Crippen LogP contribution in [0.5, 0.6) is 5.75 Å². The molecule has 0 N–H and O–H groups in total. The summed E-state index contributed by atoms with van der Waals surface area (Å²) in [6, 6.07) is 8.41. The first kappa shape index (κ1) is 10.5. The molecule has 1 heterocycles. The fourth-order valence-electron chi connectivity index (χ4n) is 2.81. The summed E-state index contributed by atoms with van der Waals surface area (Å²) in [5, 5.41) is 0.292. The van der Waals surface area contributed by atoms with Gasteiger partial charge in [-0.2, -0.15) is 0 Å². The van der Waals surface area contributed by atoms with Crippen LogP contribution in [0.1, 0.15) is 37.7 Å². The molecule has 1 aromatic rings. The fraction of sp³-hybridized carbons (Fsp3) is 0.571. The highest BCUT2D eigenvalue weighted by atomic mass is 35.5. The molecule has 0 aromatic heterocycles. The average molecular weight is 237 g/mol. The van der Waals surface area contributed by atoms with Gasteiger partial charge in [-0.25, -0.2) is 0 Å². The summed E-state index contributed by atoms with van der Waals surface area (Å²) in [7, 11) is 0. The van der Waals surface area contributed by atoms with Crippen molar-refractivity contribution in [1.82, 2.24) is 0 Å². The number of ether oxygens (including phenoxy) is 1. The monoisotopic (exact) mass is 236 g/mol. The summed E-state index contributed by atoms with van der Waals surface area (Å²) in [5.41, 5.74) is 1.78. The molecule has 86 valence electrons. The van der Waals surface area contributed by atoms with E-state index in [0.29, 0.717) is 16.7 Å². The molecular weight excluding hydrogens is 220 g/mol. The highest BCUT2D eigenvalue weighted by Crippen LogP contribution is 2.57. The molecule has 2 atom stereocenters. The van der Waals surface area contributed by atoms with Crippen molar-refractivity contribution in [2.45, 2.75) is 37.5 Å². The predicted octanol–water partition coefficient (Wildman–Crippen LogP) is 3.96. The third-order valence-corrected chi connectivity index (χ3v) is 4.65. The first-order valence-corrected chi connectivity index (χ1v) is 6.51. The number of benzene rings is 1. The summed E-state index contributed by atoms with van der Waals surface area (Å²) in [4.78, 5) is 0. The predicted molar refractivity (Wildman–Crippen MR) is 66.3 cm³/mol. The summed E-state index contributed by atoms with van der Waals surface area (Å²) in [5.74, 6) is 1.63. The maximum atomic E-state index is 6.30. The molecule has 0 saturated heterocycles.